The van der Waals surface area contributed by atoms with Gasteiger partial charge in [-0.1, -0.05) is 0 Å². The summed E-state index contributed by atoms with van der Waals surface area (Å²) in [4.78, 5) is 10.3. The molecule has 0 aromatic rings. The van der Waals surface area contributed by atoms with Crippen LogP contribution in [0, 0.1) is 0 Å². The van der Waals surface area contributed by atoms with Crippen molar-refractivity contribution >= 4 is 15.4 Å². The molecule has 0 amide bonds. The first kappa shape index (κ1) is 10.8. The van der Waals surface area contributed by atoms with Gasteiger partial charge in [0.25, 0.3) is 0 Å². The van der Waals surface area contributed by atoms with E-state index in [0.717, 1.165) is 0 Å². The van der Waals surface area contributed by atoms with Crippen molar-refractivity contribution in [3.63, 3.8) is 0 Å². The molecule has 2 unspecified atom stereocenters. The van der Waals surface area contributed by atoms with Gasteiger partial charge < -0.3 is 14.7 Å². The molecule has 0 aromatic heterocycles. The Morgan fingerprint density at radius 3 is 2.55 bits per heavy atom. The summed E-state index contributed by atoms with van der Waals surface area (Å²) in [5.74, 6) is -0.927. The summed E-state index contributed by atoms with van der Waals surface area (Å²) < 4.78 is 4.86. The molecule has 0 aliphatic heterocycles. The standard InChI is InChI=1S/C6H13O4P/c1-6(10-11,2-3-7)4-5(8)9/h7H,2-4,11H2,1H3,(H,8,9). The van der Waals surface area contributed by atoms with Crippen molar-refractivity contribution in [2.45, 2.75) is 25.4 Å². The van der Waals surface area contributed by atoms with Crippen LogP contribution in [-0.4, -0.2) is 28.4 Å². The number of carboxylic acid groups (broad SMARTS) is 1. The summed E-state index contributed by atoms with van der Waals surface area (Å²) in [6.07, 6.45) is 0.222. The minimum Gasteiger partial charge on any atom is -0.481 e. The quantitative estimate of drug-likeness (QED) is 0.601. The highest BCUT2D eigenvalue weighted by molar-refractivity contribution is 7.09. The summed E-state index contributed by atoms with van der Waals surface area (Å²) in [5, 5.41) is 17.0. The molecule has 0 aliphatic carbocycles. The van der Waals surface area contributed by atoms with E-state index in [1.807, 2.05) is 9.47 Å². The Bertz CT molecular complexity index is 139. The predicted octanol–water partition coefficient (Wildman–Crippen LogP) is 0.409. The van der Waals surface area contributed by atoms with Crippen LogP contribution in [-0.2, 0) is 9.32 Å². The largest absolute Gasteiger partial charge is 0.481 e. The number of aliphatic carboxylic acids is 1. The molecule has 66 valence electrons. The highest BCUT2D eigenvalue weighted by atomic mass is 31.0. The van der Waals surface area contributed by atoms with Gasteiger partial charge in [-0.15, -0.1) is 0 Å². The molecular formula is C6H13O4P. The monoisotopic (exact) mass is 180 g/mol. The number of aliphatic hydroxyl groups is 1. The average molecular weight is 180 g/mol. The first-order valence-electron chi connectivity index (χ1n) is 3.24. The van der Waals surface area contributed by atoms with Gasteiger partial charge in [-0.3, -0.25) is 4.79 Å². The average Bonchev–Trinajstić information content (AvgIpc) is 1.87. The second-order valence-corrected chi connectivity index (χ2v) is 2.85. The normalized spacial score (nSPS) is 15.9. The van der Waals surface area contributed by atoms with E-state index < -0.39 is 11.6 Å². The molecule has 2 atom stereocenters. The van der Waals surface area contributed by atoms with Gasteiger partial charge in [-0.2, -0.15) is 0 Å². The van der Waals surface area contributed by atoms with E-state index in [4.69, 9.17) is 14.7 Å². The summed E-state index contributed by atoms with van der Waals surface area (Å²) in [6.45, 7) is 1.57. The molecular weight excluding hydrogens is 167 g/mol. The van der Waals surface area contributed by atoms with Gasteiger partial charge in [0, 0.05) is 22.5 Å². The zero-order valence-corrected chi connectivity index (χ0v) is 7.56. The number of carbonyl (C=O) groups is 1. The van der Waals surface area contributed by atoms with Crippen molar-refractivity contribution in [3.8, 4) is 0 Å². The van der Waals surface area contributed by atoms with Crippen molar-refractivity contribution < 1.29 is 19.5 Å². The summed E-state index contributed by atoms with van der Waals surface area (Å²) in [6, 6.07) is 0. The van der Waals surface area contributed by atoms with Crippen LogP contribution in [0.5, 0.6) is 0 Å². The zero-order chi connectivity index (χ0) is 8.91. The SMILES string of the molecule is CC(CCO)(CC(=O)O)OP. The summed E-state index contributed by atoms with van der Waals surface area (Å²) in [7, 11) is 2.01. The number of carboxylic acids is 1. The molecule has 0 saturated carbocycles. The van der Waals surface area contributed by atoms with E-state index >= 15 is 0 Å². The van der Waals surface area contributed by atoms with Crippen LogP contribution in [0.2, 0.25) is 0 Å². The second kappa shape index (κ2) is 4.65. The van der Waals surface area contributed by atoms with Gasteiger partial charge >= 0.3 is 5.97 Å². The first-order chi connectivity index (χ1) is 5.04. The van der Waals surface area contributed by atoms with Gasteiger partial charge in [0.15, 0.2) is 0 Å². The van der Waals surface area contributed by atoms with E-state index in [0.29, 0.717) is 6.42 Å². The molecule has 0 aromatic carbocycles. The maximum Gasteiger partial charge on any atom is 0.306 e. The zero-order valence-electron chi connectivity index (χ0n) is 6.41. The Balaban J connectivity index is 3.98. The molecule has 0 saturated heterocycles. The van der Waals surface area contributed by atoms with E-state index in [9.17, 15) is 4.79 Å². The van der Waals surface area contributed by atoms with Crippen LogP contribution >= 0.6 is 9.47 Å². The van der Waals surface area contributed by atoms with Crippen LogP contribution in [0.1, 0.15) is 19.8 Å². The van der Waals surface area contributed by atoms with Crippen LogP contribution < -0.4 is 0 Å². The fourth-order valence-electron chi connectivity index (χ4n) is 0.745. The molecule has 0 radical (unpaired) electrons. The highest BCUT2D eigenvalue weighted by Gasteiger charge is 2.26. The summed E-state index contributed by atoms with van der Waals surface area (Å²) >= 11 is 0. The molecule has 0 fully saturated rings. The molecule has 0 aliphatic rings. The number of hydrogen-bond acceptors (Lipinski definition) is 3. The number of aliphatic hydroxyl groups excluding tert-OH is 1. The lowest BCUT2D eigenvalue weighted by atomic mass is 9.99. The van der Waals surface area contributed by atoms with Crippen molar-refractivity contribution in [1.29, 1.82) is 0 Å². The number of rotatable bonds is 5. The molecule has 0 heterocycles. The second-order valence-electron chi connectivity index (χ2n) is 2.61. The van der Waals surface area contributed by atoms with Crippen LogP contribution in [0.3, 0.4) is 0 Å². The van der Waals surface area contributed by atoms with Gasteiger partial charge in [-0.25, -0.2) is 0 Å². The Kier molecular flexibility index (Phi) is 4.57. The maximum atomic E-state index is 10.3. The maximum absolute atomic E-state index is 10.3. The fraction of sp³-hybridized carbons (Fsp3) is 0.833. The van der Waals surface area contributed by atoms with Gasteiger partial charge in [-0.05, 0) is 6.92 Å². The lowest BCUT2D eigenvalue weighted by Crippen LogP contribution is -2.29. The van der Waals surface area contributed by atoms with Crippen LogP contribution in [0.25, 0.3) is 0 Å². The molecule has 0 rings (SSSR count). The van der Waals surface area contributed by atoms with Gasteiger partial charge in [0.05, 0.1) is 12.0 Å². The third kappa shape index (κ3) is 4.30. The fourth-order valence-corrected chi connectivity index (χ4v) is 0.947. The Hall–Kier alpha value is -0.180. The minimum atomic E-state index is -0.927. The molecule has 2 N–H and O–H groups in total. The summed E-state index contributed by atoms with van der Waals surface area (Å²) in [5.41, 5.74) is -0.773. The van der Waals surface area contributed by atoms with E-state index in [1.54, 1.807) is 6.92 Å². The Morgan fingerprint density at radius 1 is 1.73 bits per heavy atom. The molecule has 0 bridgehead atoms. The third-order valence-electron chi connectivity index (χ3n) is 1.45. The third-order valence-corrected chi connectivity index (χ3v) is 2.02. The molecule has 4 nitrogen and oxygen atoms in total. The lowest BCUT2D eigenvalue weighted by Gasteiger charge is -2.24. The van der Waals surface area contributed by atoms with Crippen LogP contribution in [0.15, 0.2) is 0 Å². The van der Waals surface area contributed by atoms with E-state index in [1.165, 1.54) is 0 Å². The minimum absolute atomic E-state index is 0.0713. The first-order valence-corrected chi connectivity index (χ1v) is 3.72. The van der Waals surface area contributed by atoms with Crippen molar-refractivity contribution in [2.75, 3.05) is 6.61 Å². The van der Waals surface area contributed by atoms with Crippen molar-refractivity contribution in [1.82, 2.24) is 0 Å². The van der Waals surface area contributed by atoms with E-state index in [-0.39, 0.29) is 13.0 Å². The van der Waals surface area contributed by atoms with Gasteiger partial charge in [0.2, 0.25) is 0 Å². The predicted molar refractivity (Wildman–Crippen MR) is 43.2 cm³/mol. The number of hydrogen-bond donors (Lipinski definition) is 2. The topological polar surface area (TPSA) is 66.8 Å². The van der Waals surface area contributed by atoms with Crippen molar-refractivity contribution in [3.05, 3.63) is 0 Å². The molecule has 11 heavy (non-hydrogen) atoms. The van der Waals surface area contributed by atoms with Crippen LogP contribution in [0.4, 0.5) is 0 Å². The van der Waals surface area contributed by atoms with E-state index in [2.05, 4.69) is 0 Å². The van der Waals surface area contributed by atoms with Gasteiger partial charge in [0.1, 0.15) is 0 Å². The molecule has 0 spiro atoms. The Morgan fingerprint density at radius 2 is 2.27 bits per heavy atom. The molecule has 5 heteroatoms. The Labute approximate surface area is 67.8 Å². The lowest BCUT2D eigenvalue weighted by molar-refractivity contribution is -0.141. The highest BCUT2D eigenvalue weighted by Crippen LogP contribution is 2.22. The van der Waals surface area contributed by atoms with Crippen molar-refractivity contribution in [2.24, 2.45) is 0 Å². The smallest absolute Gasteiger partial charge is 0.306 e.